The van der Waals surface area contributed by atoms with Crippen LogP contribution in [0.25, 0.3) is 5.57 Å². The first-order valence-electron chi connectivity index (χ1n) is 10.3. The zero-order valence-electron chi connectivity index (χ0n) is 15.6. The Hall–Kier alpha value is -1.15. The Morgan fingerprint density at radius 1 is 1.16 bits per heavy atom. The smallest absolute Gasteiger partial charge is 0.0548 e. The maximum Gasteiger partial charge on any atom is 0.0548 e. The average molecular weight is 338 g/mol. The number of allylic oxidation sites excluding steroid dienone is 2. The number of hydrogen-bond donors (Lipinski definition) is 1. The van der Waals surface area contributed by atoms with E-state index in [1.165, 1.54) is 37.7 Å². The van der Waals surface area contributed by atoms with E-state index >= 15 is 0 Å². The van der Waals surface area contributed by atoms with Gasteiger partial charge in [0.25, 0.3) is 0 Å². The first-order valence-corrected chi connectivity index (χ1v) is 10.3. The minimum Gasteiger partial charge on any atom is -0.393 e. The van der Waals surface area contributed by atoms with Gasteiger partial charge in [0, 0.05) is 12.4 Å². The number of rotatable bonds is 1. The van der Waals surface area contributed by atoms with Crippen LogP contribution in [0.5, 0.6) is 0 Å². The van der Waals surface area contributed by atoms with Crippen LogP contribution in [0.4, 0.5) is 0 Å². The lowest BCUT2D eigenvalue weighted by Gasteiger charge is -2.57. The molecule has 0 amide bonds. The van der Waals surface area contributed by atoms with E-state index in [4.69, 9.17) is 0 Å². The lowest BCUT2D eigenvalue weighted by molar-refractivity contribution is -0.0657. The highest BCUT2D eigenvalue weighted by atomic mass is 16.3. The highest BCUT2D eigenvalue weighted by Crippen LogP contribution is 2.68. The minimum atomic E-state index is -0.0466. The van der Waals surface area contributed by atoms with Crippen LogP contribution >= 0.6 is 0 Å². The molecular weight excluding hydrogens is 306 g/mol. The normalized spacial score (nSPS) is 48.4. The molecule has 134 valence electrons. The second kappa shape index (κ2) is 5.42. The summed E-state index contributed by atoms with van der Waals surface area (Å²) in [6, 6.07) is 4.31. The first-order chi connectivity index (χ1) is 12.0. The molecule has 2 heteroatoms. The van der Waals surface area contributed by atoms with E-state index in [0.29, 0.717) is 10.8 Å². The maximum atomic E-state index is 10.3. The van der Waals surface area contributed by atoms with Crippen LogP contribution in [0.3, 0.4) is 0 Å². The third-order valence-electron chi connectivity index (χ3n) is 8.85. The fourth-order valence-electron chi connectivity index (χ4n) is 7.70. The fraction of sp³-hybridized carbons (Fsp3) is 0.696. The number of aliphatic hydroxyl groups is 1. The van der Waals surface area contributed by atoms with Gasteiger partial charge < -0.3 is 5.11 Å². The van der Waals surface area contributed by atoms with Crippen molar-refractivity contribution in [3.8, 4) is 0 Å². The van der Waals surface area contributed by atoms with E-state index in [9.17, 15) is 5.11 Å². The van der Waals surface area contributed by atoms with Crippen LogP contribution in [0.1, 0.15) is 64.4 Å². The van der Waals surface area contributed by atoms with Gasteiger partial charge in [-0.15, -0.1) is 0 Å². The summed E-state index contributed by atoms with van der Waals surface area (Å²) < 4.78 is 0. The number of hydrogen-bond acceptors (Lipinski definition) is 2. The minimum absolute atomic E-state index is 0.0466. The molecule has 4 aliphatic rings. The average Bonchev–Trinajstić information content (AvgIpc) is 3.10. The molecule has 5 rings (SSSR count). The third-order valence-corrected chi connectivity index (χ3v) is 8.85. The van der Waals surface area contributed by atoms with Crippen LogP contribution in [0.2, 0.25) is 0 Å². The molecule has 3 fully saturated rings. The summed E-state index contributed by atoms with van der Waals surface area (Å²) in [6.45, 7) is 5.04. The molecule has 25 heavy (non-hydrogen) atoms. The van der Waals surface area contributed by atoms with Crippen molar-refractivity contribution >= 4 is 5.57 Å². The molecule has 3 saturated carbocycles. The molecule has 4 aliphatic carbocycles. The zero-order valence-corrected chi connectivity index (χ0v) is 15.6. The monoisotopic (exact) mass is 337 g/mol. The Labute approximate surface area is 151 Å². The van der Waals surface area contributed by atoms with Crippen LogP contribution in [0.15, 0.2) is 30.6 Å². The van der Waals surface area contributed by atoms with Crippen molar-refractivity contribution in [3.05, 3.63) is 36.2 Å². The van der Waals surface area contributed by atoms with Gasteiger partial charge in [-0.25, -0.2) is 0 Å². The predicted octanol–water partition coefficient (Wildman–Crippen LogP) is 5.09. The third kappa shape index (κ3) is 2.16. The summed E-state index contributed by atoms with van der Waals surface area (Å²) in [4.78, 5) is 4.37. The van der Waals surface area contributed by atoms with E-state index in [-0.39, 0.29) is 6.10 Å². The van der Waals surface area contributed by atoms with Crippen LogP contribution < -0.4 is 0 Å². The predicted molar refractivity (Wildman–Crippen MR) is 101 cm³/mol. The topological polar surface area (TPSA) is 33.1 Å². The SMILES string of the molecule is C[C@]12CC(O)CC1CCC1C2CC[C@]2(C)C(c3cccnc3)=CCC12. The van der Waals surface area contributed by atoms with Crippen molar-refractivity contribution in [2.24, 2.45) is 34.5 Å². The number of nitrogens with zero attached hydrogens (tertiary/aromatic N) is 1. The summed E-state index contributed by atoms with van der Waals surface area (Å²) in [5.41, 5.74) is 3.61. The molecule has 0 radical (unpaired) electrons. The zero-order chi connectivity index (χ0) is 17.2. The number of aliphatic hydroxyl groups excluding tert-OH is 1. The lowest BCUT2D eigenvalue weighted by Crippen LogP contribution is -2.49. The molecule has 1 heterocycles. The summed E-state index contributed by atoms with van der Waals surface area (Å²) >= 11 is 0. The van der Waals surface area contributed by atoms with E-state index in [1.807, 2.05) is 6.20 Å². The summed E-state index contributed by atoms with van der Waals surface area (Å²) in [7, 11) is 0. The van der Waals surface area contributed by atoms with Crippen molar-refractivity contribution < 1.29 is 5.11 Å². The van der Waals surface area contributed by atoms with Gasteiger partial charge in [0.2, 0.25) is 0 Å². The van der Waals surface area contributed by atoms with Crippen molar-refractivity contribution in [3.63, 3.8) is 0 Å². The molecule has 0 bridgehead atoms. The molecule has 1 N–H and O–H groups in total. The van der Waals surface area contributed by atoms with E-state index in [0.717, 1.165) is 36.5 Å². The Morgan fingerprint density at radius 3 is 2.84 bits per heavy atom. The molecule has 0 spiro atoms. The standard InChI is InChI=1S/C23H31NO/c1-22-10-9-21-18(6-5-16-12-17(25)13-23(16,21)2)20(22)8-7-19(22)15-4-3-11-24-14-15/h3-4,7,11,14,16-18,20-21,25H,5-6,8-10,12-13H2,1-2H3/t16?,17?,18?,20?,21?,22-,23+/m1/s1. The second-order valence-corrected chi connectivity index (χ2v) is 9.80. The Kier molecular flexibility index (Phi) is 3.48. The Bertz CT molecular complexity index is 697. The maximum absolute atomic E-state index is 10.3. The molecule has 2 nitrogen and oxygen atoms in total. The quantitative estimate of drug-likeness (QED) is 0.774. The summed E-state index contributed by atoms with van der Waals surface area (Å²) in [5, 5.41) is 10.3. The number of pyridine rings is 1. The Morgan fingerprint density at radius 2 is 2.04 bits per heavy atom. The van der Waals surface area contributed by atoms with Crippen molar-refractivity contribution in [2.75, 3.05) is 0 Å². The van der Waals surface area contributed by atoms with Crippen molar-refractivity contribution in [2.45, 2.75) is 64.9 Å². The highest BCUT2D eigenvalue weighted by Gasteiger charge is 2.59. The molecule has 0 aliphatic heterocycles. The largest absolute Gasteiger partial charge is 0.393 e. The Balaban J connectivity index is 1.46. The fourth-order valence-corrected chi connectivity index (χ4v) is 7.70. The van der Waals surface area contributed by atoms with E-state index in [2.05, 4.69) is 43.2 Å². The van der Waals surface area contributed by atoms with Gasteiger partial charge in [-0.2, -0.15) is 0 Å². The van der Waals surface area contributed by atoms with E-state index < -0.39 is 0 Å². The van der Waals surface area contributed by atoms with Gasteiger partial charge in [0.15, 0.2) is 0 Å². The van der Waals surface area contributed by atoms with E-state index in [1.54, 1.807) is 5.57 Å². The van der Waals surface area contributed by atoms with Crippen molar-refractivity contribution in [1.29, 1.82) is 0 Å². The molecule has 5 unspecified atom stereocenters. The van der Waals surface area contributed by atoms with Crippen LogP contribution in [-0.2, 0) is 0 Å². The second-order valence-electron chi connectivity index (χ2n) is 9.80. The highest BCUT2D eigenvalue weighted by molar-refractivity contribution is 5.72. The first kappa shape index (κ1) is 16.1. The van der Waals surface area contributed by atoms with Crippen LogP contribution in [-0.4, -0.2) is 16.2 Å². The number of fused-ring (bicyclic) bond motifs is 5. The van der Waals surface area contributed by atoms with Gasteiger partial charge in [-0.05, 0) is 96.7 Å². The number of aromatic nitrogens is 1. The molecular formula is C23H31NO. The van der Waals surface area contributed by atoms with Crippen molar-refractivity contribution in [1.82, 2.24) is 4.98 Å². The lowest BCUT2D eigenvalue weighted by atomic mass is 9.47. The summed E-state index contributed by atoms with van der Waals surface area (Å²) in [6.07, 6.45) is 15.1. The molecule has 1 aromatic rings. The molecule has 0 aromatic carbocycles. The van der Waals surface area contributed by atoms with Gasteiger partial charge in [-0.3, -0.25) is 4.98 Å². The van der Waals surface area contributed by atoms with Crippen LogP contribution in [0, 0.1) is 34.5 Å². The molecule has 0 saturated heterocycles. The van der Waals surface area contributed by atoms with Gasteiger partial charge in [0.1, 0.15) is 0 Å². The summed E-state index contributed by atoms with van der Waals surface area (Å²) in [5.74, 6) is 3.22. The molecule has 1 aromatic heterocycles. The van der Waals surface area contributed by atoms with Gasteiger partial charge >= 0.3 is 0 Å². The van der Waals surface area contributed by atoms with Gasteiger partial charge in [0.05, 0.1) is 6.10 Å². The van der Waals surface area contributed by atoms with Gasteiger partial charge in [-0.1, -0.05) is 26.0 Å². The molecule has 7 atom stereocenters.